The second kappa shape index (κ2) is 3.87. The molecule has 2 fully saturated rings. The molecule has 0 bridgehead atoms. The van der Waals surface area contributed by atoms with Crippen LogP contribution in [-0.4, -0.2) is 41.5 Å². The van der Waals surface area contributed by atoms with E-state index in [1.165, 1.54) is 0 Å². The van der Waals surface area contributed by atoms with Gasteiger partial charge in [-0.2, -0.15) is 0 Å². The average molecular weight is 211 g/mol. The molecule has 3 nitrogen and oxygen atoms in total. The molecule has 2 rings (SSSR count). The number of aliphatic hydroxyl groups excluding tert-OH is 1. The third kappa shape index (κ3) is 2.58. The summed E-state index contributed by atoms with van der Waals surface area (Å²) in [6.07, 6.45) is 2.77. The predicted molar refractivity (Wildman–Crippen MR) is 58.6 cm³/mol. The number of ketones is 1. The lowest BCUT2D eigenvalue weighted by Gasteiger charge is -2.41. The van der Waals surface area contributed by atoms with Crippen LogP contribution in [0.2, 0.25) is 0 Å². The number of hydrogen-bond donors (Lipinski definition) is 1. The molecule has 0 aromatic carbocycles. The van der Waals surface area contributed by atoms with E-state index in [0.29, 0.717) is 18.2 Å². The molecule has 1 saturated carbocycles. The molecule has 1 heterocycles. The van der Waals surface area contributed by atoms with E-state index in [1.54, 1.807) is 0 Å². The molecule has 3 heteroatoms. The van der Waals surface area contributed by atoms with E-state index >= 15 is 0 Å². The second-order valence-electron chi connectivity index (χ2n) is 5.74. The van der Waals surface area contributed by atoms with Crippen LogP contribution in [0.5, 0.6) is 0 Å². The van der Waals surface area contributed by atoms with Gasteiger partial charge in [0.15, 0.2) is 0 Å². The number of likely N-dealkylation sites (tertiary alicyclic amines) is 1. The van der Waals surface area contributed by atoms with E-state index in [0.717, 1.165) is 32.4 Å². The van der Waals surface area contributed by atoms with Crippen molar-refractivity contribution in [3.63, 3.8) is 0 Å². The highest BCUT2D eigenvalue weighted by Gasteiger charge is 2.37. The van der Waals surface area contributed by atoms with Crippen molar-refractivity contribution in [3.8, 4) is 0 Å². The molecule has 1 aliphatic heterocycles. The van der Waals surface area contributed by atoms with Crippen LogP contribution in [0, 0.1) is 11.3 Å². The molecule has 0 spiro atoms. The smallest absolute Gasteiger partial charge is 0.149 e. The molecular weight excluding hydrogens is 190 g/mol. The van der Waals surface area contributed by atoms with E-state index in [1.807, 2.05) is 0 Å². The van der Waals surface area contributed by atoms with Gasteiger partial charge in [-0.05, 0) is 19.3 Å². The number of aliphatic hydroxyl groups is 1. The molecular formula is C12H21NO2. The molecule has 86 valence electrons. The molecule has 0 aromatic heterocycles. The number of piperidine rings is 1. The summed E-state index contributed by atoms with van der Waals surface area (Å²) in [4.78, 5) is 13.9. The molecule has 1 aliphatic carbocycles. The third-order valence-electron chi connectivity index (χ3n) is 3.66. The lowest BCUT2D eigenvalue weighted by molar-refractivity contribution is -0.123. The van der Waals surface area contributed by atoms with Gasteiger partial charge in [-0.15, -0.1) is 0 Å². The normalized spacial score (nSPS) is 31.5. The Morgan fingerprint density at radius 2 is 2.07 bits per heavy atom. The fraction of sp³-hybridized carbons (Fsp3) is 0.917. The summed E-state index contributed by atoms with van der Waals surface area (Å²) in [7, 11) is 0. The number of carbonyl (C=O) groups is 1. The summed E-state index contributed by atoms with van der Waals surface area (Å²) in [6.45, 7) is 6.45. The second-order valence-corrected chi connectivity index (χ2v) is 5.74. The predicted octanol–water partition coefficient (Wildman–Crippen LogP) is 1.06. The van der Waals surface area contributed by atoms with Crippen LogP contribution in [0.25, 0.3) is 0 Å². The molecule has 0 radical (unpaired) electrons. The van der Waals surface area contributed by atoms with Gasteiger partial charge in [-0.1, -0.05) is 13.8 Å². The van der Waals surface area contributed by atoms with Crippen LogP contribution < -0.4 is 0 Å². The fourth-order valence-corrected chi connectivity index (χ4v) is 2.35. The van der Waals surface area contributed by atoms with Crippen molar-refractivity contribution < 1.29 is 9.90 Å². The maximum absolute atomic E-state index is 11.7. The average Bonchev–Trinajstić information content (AvgIpc) is 2.93. The van der Waals surface area contributed by atoms with Crippen molar-refractivity contribution in [1.29, 1.82) is 0 Å². The number of Topliss-reactive ketones (excluding diaryl/α,β-unsaturated/α-hetero) is 1. The molecule has 1 N–H and O–H groups in total. The lowest BCUT2D eigenvalue weighted by atomic mass is 9.81. The number of nitrogens with zero attached hydrogens (tertiary/aromatic N) is 1. The molecule has 2 aliphatic rings. The Labute approximate surface area is 91.5 Å². The third-order valence-corrected chi connectivity index (χ3v) is 3.66. The summed E-state index contributed by atoms with van der Waals surface area (Å²) in [6, 6.07) is 0. The van der Waals surface area contributed by atoms with Gasteiger partial charge in [-0.25, -0.2) is 0 Å². The van der Waals surface area contributed by atoms with Crippen molar-refractivity contribution in [3.05, 3.63) is 0 Å². The fourth-order valence-electron chi connectivity index (χ4n) is 2.35. The Balaban J connectivity index is 1.86. The minimum atomic E-state index is -0.218. The minimum Gasteiger partial charge on any atom is -0.392 e. The summed E-state index contributed by atoms with van der Waals surface area (Å²) in [5, 5.41) is 9.80. The maximum atomic E-state index is 11.7. The van der Waals surface area contributed by atoms with E-state index in [-0.39, 0.29) is 11.5 Å². The summed E-state index contributed by atoms with van der Waals surface area (Å²) in [5.41, 5.74) is -0.0674. The summed E-state index contributed by atoms with van der Waals surface area (Å²) in [5.74, 6) is 0.766. The number of hydrogen-bond acceptors (Lipinski definition) is 3. The van der Waals surface area contributed by atoms with E-state index in [9.17, 15) is 9.90 Å². The largest absolute Gasteiger partial charge is 0.392 e. The van der Waals surface area contributed by atoms with Crippen molar-refractivity contribution in [2.45, 2.75) is 39.2 Å². The molecule has 0 aromatic rings. The van der Waals surface area contributed by atoms with Crippen molar-refractivity contribution in [1.82, 2.24) is 4.90 Å². The first kappa shape index (κ1) is 11.1. The Morgan fingerprint density at radius 3 is 2.60 bits per heavy atom. The van der Waals surface area contributed by atoms with Gasteiger partial charge < -0.3 is 5.11 Å². The van der Waals surface area contributed by atoms with Crippen LogP contribution in [-0.2, 0) is 4.79 Å². The lowest BCUT2D eigenvalue weighted by Crippen LogP contribution is -2.50. The summed E-state index contributed by atoms with van der Waals surface area (Å²) >= 11 is 0. The SMILES string of the molecule is CC1(C)CN(CC(=O)C2CC2)CCC1O. The molecule has 0 amide bonds. The molecule has 15 heavy (non-hydrogen) atoms. The zero-order valence-corrected chi connectivity index (χ0v) is 9.70. The number of carbonyl (C=O) groups excluding carboxylic acids is 1. The maximum Gasteiger partial charge on any atom is 0.149 e. The van der Waals surface area contributed by atoms with Crippen LogP contribution in [0.4, 0.5) is 0 Å². The topological polar surface area (TPSA) is 40.5 Å². The zero-order chi connectivity index (χ0) is 11.1. The highest BCUT2D eigenvalue weighted by atomic mass is 16.3. The van der Waals surface area contributed by atoms with Gasteiger partial charge in [0.25, 0.3) is 0 Å². The van der Waals surface area contributed by atoms with Gasteiger partial charge in [-0.3, -0.25) is 9.69 Å². The van der Waals surface area contributed by atoms with Crippen molar-refractivity contribution >= 4 is 5.78 Å². The van der Waals surface area contributed by atoms with Crippen molar-refractivity contribution in [2.24, 2.45) is 11.3 Å². The Hall–Kier alpha value is -0.410. The van der Waals surface area contributed by atoms with Gasteiger partial charge in [0.05, 0.1) is 12.6 Å². The van der Waals surface area contributed by atoms with Gasteiger partial charge in [0, 0.05) is 24.4 Å². The highest BCUT2D eigenvalue weighted by Crippen LogP contribution is 2.32. The summed E-state index contributed by atoms with van der Waals surface area (Å²) < 4.78 is 0. The Bertz CT molecular complexity index is 258. The van der Waals surface area contributed by atoms with E-state index in [2.05, 4.69) is 18.7 Å². The number of rotatable bonds is 3. The first-order valence-corrected chi connectivity index (χ1v) is 5.92. The van der Waals surface area contributed by atoms with Crippen LogP contribution in [0.1, 0.15) is 33.1 Å². The first-order chi connectivity index (χ1) is 6.99. The molecule has 1 unspecified atom stereocenters. The molecule has 1 atom stereocenters. The van der Waals surface area contributed by atoms with Crippen LogP contribution in [0.15, 0.2) is 0 Å². The standard InChI is InChI=1S/C12H21NO2/c1-12(2)8-13(6-5-11(12)15)7-10(14)9-3-4-9/h9,11,15H,3-8H2,1-2H3. The van der Waals surface area contributed by atoms with E-state index < -0.39 is 0 Å². The molecule has 1 saturated heterocycles. The van der Waals surface area contributed by atoms with Crippen LogP contribution in [0.3, 0.4) is 0 Å². The first-order valence-electron chi connectivity index (χ1n) is 5.92. The zero-order valence-electron chi connectivity index (χ0n) is 9.70. The Kier molecular flexibility index (Phi) is 2.86. The highest BCUT2D eigenvalue weighted by molar-refractivity contribution is 5.85. The van der Waals surface area contributed by atoms with E-state index in [4.69, 9.17) is 0 Å². The van der Waals surface area contributed by atoms with Crippen LogP contribution >= 0.6 is 0 Å². The van der Waals surface area contributed by atoms with Gasteiger partial charge in [0.2, 0.25) is 0 Å². The van der Waals surface area contributed by atoms with Gasteiger partial charge >= 0.3 is 0 Å². The minimum absolute atomic E-state index is 0.0674. The quantitative estimate of drug-likeness (QED) is 0.759. The monoisotopic (exact) mass is 211 g/mol. The van der Waals surface area contributed by atoms with Gasteiger partial charge in [0.1, 0.15) is 5.78 Å². The van der Waals surface area contributed by atoms with Crippen molar-refractivity contribution in [2.75, 3.05) is 19.6 Å². The Morgan fingerprint density at radius 1 is 1.40 bits per heavy atom.